The second kappa shape index (κ2) is 20.2. The molecule has 0 saturated carbocycles. The summed E-state index contributed by atoms with van der Waals surface area (Å²) in [5, 5.41) is 8.06. The summed E-state index contributed by atoms with van der Waals surface area (Å²) in [5.41, 5.74) is 0. The zero-order chi connectivity index (χ0) is 14.3. The predicted octanol–water partition coefficient (Wildman–Crippen LogP) is -0.236. The lowest BCUT2D eigenvalue weighted by molar-refractivity contribution is -0.728. The Bertz CT molecular complexity index is 103. The van der Waals surface area contributed by atoms with Crippen LogP contribution in [0.1, 0.15) is 27.7 Å². The average Bonchev–Trinajstić information content (AvgIpc) is 1.76. The Morgan fingerprint density at radius 1 is 1.19 bits per heavy atom. The molecule has 0 aliphatic carbocycles. The van der Waals surface area contributed by atoms with Gasteiger partial charge in [0.15, 0.2) is 7.98 Å². The molecule has 0 atom stereocenters. The molecule has 0 aromatic heterocycles. The molecule has 0 radical (unpaired) electrons. The van der Waals surface area contributed by atoms with Gasteiger partial charge in [-0.05, 0) is 27.7 Å². The molecule has 100 valence electrons. The minimum Gasteiger partial charge on any atom is -0.538 e. The van der Waals surface area contributed by atoms with Gasteiger partial charge in [0.25, 0.3) is 0 Å². The zero-order valence-electron chi connectivity index (χ0n) is 12.0. The van der Waals surface area contributed by atoms with E-state index in [1.54, 1.807) is 18.7 Å². The van der Waals surface area contributed by atoms with Gasteiger partial charge in [-0.2, -0.15) is 0 Å². The Labute approximate surface area is 104 Å². The second-order valence-corrected chi connectivity index (χ2v) is 4.23. The van der Waals surface area contributed by atoms with E-state index in [2.05, 4.69) is 34.6 Å². The van der Waals surface area contributed by atoms with Crippen molar-refractivity contribution in [3.63, 3.8) is 0 Å². The maximum atomic E-state index is 9.44. The van der Waals surface area contributed by atoms with Crippen LogP contribution in [0.15, 0.2) is 0 Å². The number of aliphatic hydroxyl groups excluding tert-OH is 1. The third-order valence-corrected chi connectivity index (χ3v) is 0. The first-order valence-electron chi connectivity index (χ1n) is 5.35. The minimum absolute atomic E-state index is 0.167. The molecule has 5 heteroatoms. The standard InChI is InChI=1S/C3H9B.C3H8O.C3H6O.C2H10BN/c1-4(2)3;2*1-3(2)4;1-4(2)3/h1-3H3;3-4H,1-2H3;1-2H3;4H,1-3H3. The maximum Gasteiger partial charge on any atom is 0.167 e. The third-order valence-electron chi connectivity index (χ3n) is 0. The largest absolute Gasteiger partial charge is 0.538 e. The molecule has 0 fully saturated rings. The number of hydrogen-bond acceptors (Lipinski definition) is 2. The first kappa shape index (κ1) is 24.8. The van der Waals surface area contributed by atoms with Gasteiger partial charge in [0, 0.05) is 20.2 Å². The molecule has 0 bridgehead atoms. The highest BCUT2D eigenvalue weighted by molar-refractivity contribution is 6.54. The summed E-state index contributed by atoms with van der Waals surface area (Å²) < 4.78 is 0. The van der Waals surface area contributed by atoms with E-state index in [1.807, 2.05) is 0 Å². The van der Waals surface area contributed by atoms with Crippen molar-refractivity contribution < 1.29 is 14.7 Å². The van der Waals surface area contributed by atoms with Gasteiger partial charge in [0.05, 0.1) is 0 Å². The van der Waals surface area contributed by atoms with E-state index >= 15 is 0 Å². The van der Waals surface area contributed by atoms with Crippen LogP contribution in [0.3, 0.4) is 0 Å². The van der Waals surface area contributed by atoms with Crippen molar-refractivity contribution in [3.05, 3.63) is 0 Å². The number of hydrogen-bond donors (Lipinski definition) is 2. The first-order valence-corrected chi connectivity index (χ1v) is 5.35. The molecule has 16 heavy (non-hydrogen) atoms. The van der Waals surface area contributed by atoms with E-state index in [0.717, 1.165) is 6.71 Å². The van der Waals surface area contributed by atoms with Crippen LogP contribution in [0.4, 0.5) is 0 Å². The fourth-order valence-corrected chi connectivity index (χ4v) is 0. The second-order valence-electron chi connectivity index (χ2n) is 4.23. The zero-order valence-corrected chi connectivity index (χ0v) is 12.0. The van der Waals surface area contributed by atoms with E-state index < -0.39 is 0 Å². The quantitative estimate of drug-likeness (QED) is 0.567. The van der Waals surface area contributed by atoms with Gasteiger partial charge in [-0.15, -0.1) is 0 Å². The van der Waals surface area contributed by atoms with Gasteiger partial charge in [-0.3, -0.25) is 0 Å². The number of rotatable bonds is 0. The Morgan fingerprint density at radius 2 is 1.19 bits per heavy atom. The highest BCUT2D eigenvalue weighted by atomic mass is 16.3. The molecule has 0 aliphatic heterocycles. The molecular weight excluding hydrogens is 200 g/mol. The van der Waals surface area contributed by atoms with Gasteiger partial charge in [-0.1, -0.05) is 20.5 Å². The van der Waals surface area contributed by atoms with Crippen molar-refractivity contribution in [2.24, 2.45) is 0 Å². The number of Topliss-reactive ketones (excluding diaryl/α,β-unsaturated/α-hetero) is 1. The molecule has 0 unspecified atom stereocenters. The van der Waals surface area contributed by atoms with Gasteiger partial charge in [0.1, 0.15) is 12.5 Å². The monoisotopic (exact) mass is 233 g/mol. The van der Waals surface area contributed by atoms with Crippen LogP contribution < -0.4 is 4.81 Å². The van der Waals surface area contributed by atoms with Gasteiger partial charge >= 0.3 is 0 Å². The maximum absolute atomic E-state index is 9.44. The van der Waals surface area contributed by atoms with Crippen LogP contribution in [-0.4, -0.2) is 45.8 Å². The highest BCUT2D eigenvalue weighted by Crippen LogP contribution is 1.68. The number of carbonyl (C=O) groups excluding carboxylic acids is 1. The molecule has 3 nitrogen and oxygen atoms in total. The summed E-state index contributed by atoms with van der Waals surface area (Å²) in [5.74, 6) is 0.167. The van der Waals surface area contributed by atoms with E-state index in [-0.39, 0.29) is 11.9 Å². The fraction of sp³-hybridized carbons (Fsp3) is 0.909. The summed E-state index contributed by atoms with van der Waals surface area (Å²) in [4.78, 5) is 11.1. The molecule has 0 rings (SSSR count). The van der Waals surface area contributed by atoms with Crippen molar-refractivity contribution in [1.82, 2.24) is 0 Å². The van der Waals surface area contributed by atoms with E-state index in [4.69, 9.17) is 5.11 Å². The Balaban J connectivity index is -0.0000000600. The number of aliphatic hydroxyl groups is 1. The molecule has 0 aliphatic rings. The first-order chi connectivity index (χ1) is 6.93. The topological polar surface area (TPSA) is 41.7 Å². The lowest BCUT2D eigenvalue weighted by Crippen LogP contribution is -3.03. The molecule has 0 spiro atoms. The summed E-state index contributed by atoms with van der Waals surface area (Å²) in [7, 11) is 5.00. The SMILES string of the molecule is CB(C)C.CC(C)=O.CC(C)O.[BH3-][NH+](C)C. The summed E-state index contributed by atoms with van der Waals surface area (Å²) in [6, 6.07) is 0. The summed E-state index contributed by atoms with van der Waals surface area (Å²) in [6.07, 6.45) is -0.167. The Hall–Kier alpha value is -0.280. The van der Waals surface area contributed by atoms with Crippen LogP contribution >= 0.6 is 0 Å². The fourth-order valence-electron chi connectivity index (χ4n) is 0. The van der Waals surface area contributed by atoms with E-state index in [9.17, 15) is 4.79 Å². The van der Waals surface area contributed by atoms with Gasteiger partial charge < -0.3 is 14.7 Å². The van der Waals surface area contributed by atoms with Gasteiger partial charge in [0.2, 0.25) is 0 Å². The smallest absolute Gasteiger partial charge is 0.167 e. The third kappa shape index (κ3) is 28300. The molecule has 0 saturated heterocycles. The molecule has 0 heterocycles. The summed E-state index contributed by atoms with van der Waals surface area (Å²) >= 11 is 0. The normalized spacial score (nSPS) is 7.81. The molecule has 0 amide bonds. The van der Waals surface area contributed by atoms with Crippen LogP contribution in [0.2, 0.25) is 20.5 Å². The molecule has 0 aromatic rings. The van der Waals surface area contributed by atoms with Crippen molar-refractivity contribution in [2.75, 3.05) is 14.1 Å². The van der Waals surface area contributed by atoms with Crippen LogP contribution in [-0.2, 0) is 4.79 Å². The lowest BCUT2D eigenvalue weighted by atomic mass is 9.58. The van der Waals surface area contributed by atoms with Crippen molar-refractivity contribution >= 4 is 20.5 Å². The van der Waals surface area contributed by atoms with Crippen LogP contribution in [0.25, 0.3) is 0 Å². The Kier molecular flexibility index (Phi) is 31.3. The highest BCUT2D eigenvalue weighted by Gasteiger charge is 1.76. The van der Waals surface area contributed by atoms with Crippen molar-refractivity contribution in [1.29, 1.82) is 0 Å². The Morgan fingerprint density at radius 3 is 1.19 bits per heavy atom. The van der Waals surface area contributed by atoms with E-state index in [0.29, 0.717) is 7.98 Å². The number of quaternary nitrogens is 1. The van der Waals surface area contributed by atoms with Crippen molar-refractivity contribution in [2.45, 2.75) is 54.3 Å². The number of nitrogens with one attached hydrogen (secondary N) is 1. The number of ketones is 1. The molecule has 0 aromatic carbocycles. The average molecular weight is 233 g/mol. The van der Waals surface area contributed by atoms with Crippen molar-refractivity contribution in [3.8, 4) is 0 Å². The molecular formula is C11H33B2NO2. The van der Waals surface area contributed by atoms with Gasteiger partial charge in [-0.25, -0.2) is 0 Å². The molecule has 2 N–H and O–H groups in total. The van der Waals surface area contributed by atoms with Crippen LogP contribution in [0, 0.1) is 0 Å². The lowest BCUT2D eigenvalue weighted by Gasteiger charge is -1.99. The summed E-state index contributed by atoms with van der Waals surface area (Å²) in [6.45, 7) is 13.8. The minimum atomic E-state index is -0.167. The number of carbonyl (C=O) groups is 1. The van der Waals surface area contributed by atoms with E-state index in [1.165, 1.54) is 13.8 Å². The van der Waals surface area contributed by atoms with Crippen LogP contribution in [0.5, 0.6) is 0 Å². The predicted molar refractivity (Wildman–Crippen MR) is 79.8 cm³/mol.